The van der Waals surface area contributed by atoms with Crippen molar-refractivity contribution in [1.82, 2.24) is 9.55 Å². The molecule has 0 aliphatic rings. The Balaban J connectivity index is 2.55. The molecule has 0 fully saturated rings. The molecule has 3 nitrogen and oxygen atoms in total. The zero-order valence-corrected chi connectivity index (χ0v) is 12.6. The van der Waals surface area contributed by atoms with Gasteiger partial charge >= 0.3 is 0 Å². The third-order valence-electron chi connectivity index (χ3n) is 3.21. The van der Waals surface area contributed by atoms with Gasteiger partial charge in [-0.15, -0.1) is 11.6 Å². The van der Waals surface area contributed by atoms with Gasteiger partial charge in [0.25, 0.3) is 0 Å². The lowest BCUT2D eigenvalue weighted by molar-refractivity contribution is 0.534. The Kier molecular flexibility index (Phi) is 4.73. The second-order valence-electron chi connectivity index (χ2n) is 4.45. The van der Waals surface area contributed by atoms with Gasteiger partial charge in [0.1, 0.15) is 17.4 Å². The van der Waals surface area contributed by atoms with Gasteiger partial charge in [0, 0.05) is 6.04 Å². The van der Waals surface area contributed by atoms with E-state index in [-0.39, 0.29) is 0 Å². The van der Waals surface area contributed by atoms with E-state index in [1.807, 2.05) is 23.9 Å². The summed E-state index contributed by atoms with van der Waals surface area (Å²) in [4.78, 5) is 4.53. The molecule has 1 heterocycles. The van der Waals surface area contributed by atoms with Crippen LogP contribution in [0, 0.1) is 11.3 Å². The van der Waals surface area contributed by atoms with E-state index < -0.39 is 0 Å². The van der Waals surface area contributed by atoms with Gasteiger partial charge in [-0.25, -0.2) is 4.98 Å². The maximum Gasteiger partial charge on any atom is 0.125 e. The lowest BCUT2D eigenvalue weighted by Gasteiger charge is -2.16. The van der Waals surface area contributed by atoms with Crippen LogP contribution in [0.5, 0.6) is 0 Å². The number of hydrogen-bond acceptors (Lipinski definition) is 3. The first kappa shape index (κ1) is 14.2. The van der Waals surface area contributed by atoms with E-state index in [1.54, 1.807) is 6.07 Å². The fraction of sp³-hybridized carbons (Fsp3) is 0.429. The van der Waals surface area contributed by atoms with E-state index in [0.29, 0.717) is 17.5 Å². The Bertz CT molecular complexity index is 615. The molecule has 5 heteroatoms. The predicted octanol–water partition coefficient (Wildman–Crippen LogP) is 3.96. The van der Waals surface area contributed by atoms with E-state index in [4.69, 9.17) is 16.9 Å². The smallest absolute Gasteiger partial charge is 0.125 e. The van der Waals surface area contributed by atoms with Crippen molar-refractivity contribution < 1.29 is 0 Å². The van der Waals surface area contributed by atoms with Gasteiger partial charge in [0.15, 0.2) is 0 Å². The summed E-state index contributed by atoms with van der Waals surface area (Å²) in [7, 11) is 0. The average molecular weight is 294 g/mol. The number of imidazole rings is 1. The lowest BCUT2D eigenvalue weighted by atomic mass is 10.2. The highest BCUT2D eigenvalue weighted by molar-refractivity contribution is 7.98. The largest absolute Gasteiger partial charge is 0.324 e. The van der Waals surface area contributed by atoms with Crippen LogP contribution in [-0.4, -0.2) is 21.6 Å². The number of alkyl halides is 1. The second kappa shape index (κ2) is 6.31. The van der Waals surface area contributed by atoms with Gasteiger partial charge in [-0.2, -0.15) is 17.0 Å². The van der Waals surface area contributed by atoms with Crippen LogP contribution in [-0.2, 0) is 5.88 Å². The number of aromatic nitrogens is 2. The van der Waals surface area contributed by atoms with Gasteiger partial charge in [-0.3, -0.25) is 0 Å². The number of nitriles is 1. The molecular formula is C14H16ClN3S. The van der Waals surface area contributed by atoms with Crippen molar-refractivity contribution in [3.8, 4) is 6.07 Å². The summed E-state index contributed by atoms with van der Waals surface area (Å²) < 4.78 is 2.17. The molecule has 0 aliphatic heterocycles. The third-order valence-corrected chi connectivity index (χ3v) is 4.10. The van der Waals surface area contributed by atoms with Crippen LogP contribution in [0.1, 0.15) is 30.8 Å². The highest BCUT2D eigenvalue weighted by Gasteiger charge is 2.16. The van der Waals surface area contributed by atoms with Crippen molar-refractivity contribution in [2.45, 2.75) is 25.3 Å². The number of halogens is 1. The molecule has 0 N–H and O–H groups in total. The number of rotatable bonds is 5. The first-order valence-electron chi connectivity index (χ1n) is 6.17. The van der Waals surface area contributed by atoms with Crippen molar-refractivity contribution >= 4 is 34.4 Å². The van der Waals surface area contributed by atoms with E-state index >= 15 is 0 Å². The lowest BCUT2D eigenvalue weighted by Crippen LogP contribution is -2.09. The summed E-state index contributed by atoms with van der Waals surface area (Å²) >= 11 is 7.84. The van der Waals surface area contributed by atoms with Crippen LogP contribution in [0.4, 0.5) is 0 Å². The van der Waals surface area contributed by atoms with Crippen LogP contribution in [0.3, 0.4) is 0 Å². The quantitative estimate of drug-likeness (QED) is 0.784. The number of benzene rings is 1. The molecule has 1 aromatic heterocycles. The number of nitrogens with zero attached hydrogens (tertiary/aromatic N) is 3. The summed E-state index contributed by atoms with van der Waals surface area (Å²) in [5.41, 5.74) is 2.37. The maximum atomic E-state index is 9.15. The third kappa shape index (κ3) is 2.72. The van der Waals surface area contributed by atoms with Gasteiger partial charge in [-0.05, 0) is 37.5 Å². The minimum absolute atomic E-state index is 0.333. The highest BCUT2D eigenvalue weighted by Crippen LogP contribution is 2.26. The van der Waals surface area contributed by atoms with Crippen molar-refractivity contribution in [3.05, 3.63) is 29.6 Å². The topological polar surface area (TPSA) is 41.6 Å². The molecule has 0 aliphatic carbocycles. The summed E-state index contributed by atoms with van der Waals surface area (Å²) in [6.07, 6.45) is 3.17. The minimum atomic E-state index is 0.333. The molecule has 2 aromatic rings. The summed E-state index contributed by atoms with van der Waals surface area (Å²) in [5, 5.41) is 9.15. The Morgan fingerprint density at radius 3 is 2.95 bits per heavy atom. The Morgan fingerprint density at radius 2 is 2.32 bits per heavy atom. The fourth-order valence-corrected chi connectivity index (χ4v) is 3.02. The molecule has 1 aromatic carbocycles. The molecule has 1 atom stereocenters. The Morgan fingerprint density at radius 1 is 1.53 bits per heavy atom. The van der Waals surface area contributed by atoms with Gasteiger partial charge < -0.3 is 4.57 Å². The molecule has 0 saturated carbocycles. The molecule has 1 unspecified atom stereocenters. The van der Waals surface area contributed by atoms with Crippen LogP contribution >= 0.6 is 23.4 Å². The van der Waals surface area contributed by atoms with Gasteiger partial charge in [0.05, 0.1) is 17.0 Å². The van der Waals surface area contributed by atoms with Gasteiger partial charge in [0.2, 0.25) is 0 Å². The molecule has 0 spiro atoms. The summed E-state index contributed by atoms with van der Waals surface area (Å²) in [6, 6.07) is 8.23. The summed E-state index contributed by atoms with van der Waals surface area (Å²) in [6.45, 7) is 2.17. The zero-order valence-electron chi connectivity index (χ0n) is 11.1. The molecule has 0 bridgehead atoms. The Labute approximate surface area is 122 Å². The highest BCUT2D eigenvalue weighted by atomic mass is 35.5. The normalized spacial score (nSPS) is 12.5. The van der Waals surface area contributed by atoms with E-state index in [1.165, 1.54) is 0 Å². The van der Waals surface area contributed by atoms with Crippen molar-refractivity contribution in [2.24, 2.45) is 0 Å². The second-order valence-corrected chi connectivity index (χ2v) is 5.70. The molecule has 2 rings (SSSR count). The predicted molar refractivity (Wildman–Crippen MR) is 81.7 cm³/mol. The van der Waals surface area contributed by atoms with Crippen molar-refractivity contribution in [2.75, 3.05) is 12.0 Å². The average Bonchev–Trinajstić information content (AvgIpc) is 2.83. The summed E-state index contributed by atoms with van der Waals surface area (Å²) in [5.74, 6) is 2.30. The minimum Gasteiger partial charge on any atom is -0.324 e. The molecule has 100 valence electrons. The fourth-order valence-electron chi connectivity index (χ4n) is 2.26. The standard InChI is InChI=1S/C14H16ClN3S/c1-10(6-7-19-2)18-12-5-3-4-11(9-16)14(12)17-13(18)8-15/h3-5,10H,6-8H2,1-2H3. The maximum absolute atomic E-state index is 9.15. The van der Waals surface area contributed by atoms with Crippen molar-refractivity contribution in [3.63, 3.8) is 0 Å². The zero-order chi connectivity index (χ0) is 13.8. The molecule has 0 saturated heterocycles. The number of para-hydroxylation sites is 1. The van der Waals surface area contributed by atoms with Crippen molar-refractivity contribution in [1.29, 1.82) is 5.26 Å². The monoisotopic (exact) mass is 293 g/mol. The van der Waals surface area contributed by atoms with Crippen LogP contribution in [0.2, 0.25) is 0 Å². The molecule has 0 radical (unpaired) electrons. The first-order chi connectivity index (χ1) is 9.22. The van der Waals surface area contributed by atoms with Crippen LogP contribution in [0.15, 0.2) is 18.2 Å². The van der Waals surface area contributed by atoms with E-state index in [2.05, 4.69) is 28.8 Å². The first-order valence-corrected chi connectivity index (χ1v) is 8.10. The van der Waals surface area contributed by atoms with E-state index in [9.17, 15) is 0 Å². The molecule has 0 amide bonds. The number of thioether (sulfide) groups is 1. The van der Waals surface area contributed by atoms with Gasteiger partial charge in [-0.1, -0.05) is 6.07 Å². The number of hydrogen-bond donors (Lipinski definition) is 0. The SMILES string of the molecule is CSCCC(C)n1c(CCl)nc2c(C#N)cccc21. The van der Waals surface area contributed by atoms with Crippen LogP contribution in [0.25, 0.3) is 11.0 Å². The van der Waals surface area contributed by atoms with Crippen LogP contribution < -0.4 is 0 Å². The van der Waals surface area contributed by atoms with E-state index in [0.717, 1.165) is 29.0 Å². The molecular weight excluding hydrogens is 278 g/mol. The number of fused-ring (bicyclic) bond motifs is 1. The Hall–Kier alpha value is -1.18. The molecule has 19 heavy (non-hydrogen) atoms.